The van der Waals surface area contributed by atoms with Crippen molar-refractivity contribution in [3.05, 3.63) is 0 Å². The van der Waals surface area contributed by atoms with Crippen molar-refractivity contribution in [2.75, 3.05) is 6.61 Å². The van der Waals surface area contributed by atoms with Crippen LogP contribution in [0.5, 0.6) is 0 Å². The SMILES string of the molecule is CC(=O)OCC(=O)[C@H]1CCC2C3CCC4C[C@H](O)CC[C@]4(C)C3C(=O)C[C@@]21C. The van der Waals surface area contributed by atoms with Gasteiger partial charge in [-0.3, -0.25) is 14.4 Å². The average Bonchev–Trinajstić information content (AvgIpc) is 2.96. The Morgan fingerprint density at radius 1 is 1.11 bits per heavy atom. The molecule has 4 fully saturated rings. The number of carbonyl (C=O) groups excluding carboxylic acids is 3. The van der Waals surface area contributed by atoms with Crippen LogP contribution in [0.15, 0.2) is 0 Å². The highest BCUT2D eigenvalue weighted by Crippen LogP contribution is 2.66. The summed E-state index contributed by atoms with van der Waals surface area (Å²) in [6.07, 6.45) is 6.74. The van der Waals surface area contributed by atoms with Gasteiger partial charge in [-0.25, -0.2) is 0 Å². The van der Waals surface area contributed by atoms with E-state index in [0.717, 1.165) is 44.9 Å². The highest BCUT2D eigenvalue weighted by atomic mass is 16.5. The lowest BCUT2D eigenvalue weighted by Crippen LogP contribution is -2.58. The maximum absolute atomic E-state index is 13.5. The Kier molecular flexibility index (Phi) is 4.96. The molecule has 0 amide bonds. The van der Waals surface area contributed by atoms with Crippen LogP contribution in [0.3, 0.4) is 0 Å². The third kappa shape index (κ3) is 2.96. The Bertz CT molecular complexity index is 686. The van der Waals surface area contributed by atoms with Crippen LogP contribution in [0.4, 0.5) is 0 Å². The summed E-state index contributed by atoms with van der Waals surface area (Å²) in [6, 6.07) is 0. The van der Waals surface area contributed by atoms with E-state index in [4.69, 9.17) is 4.74 Å². The van der Waals surface area contributed by atoms with Gasteiger partial charge in [0.25, 0.3) is 0 Å². The third-order valence-corrected chi connectivity index (χ3v) is 9.13. The zero-order chi connectivity index (χ0) is 20.3. The fourth-order valence-corrected chi connectivity index (χ4v) is 7.85. The number of hydrogen-bond donors (Lipinski definition) is 1. The predicted molar refractivity (Wildman–Crippen MR) is 103 cm³/mol. The molecule has 0 saturated heterocycles. The van der Waals surface area contributed by atoms with Crippen LogP contribution < -0.4 is 0 Å². The molecule has 5 heteroatoms. The Labute approximate surface area is 167 Å². The number of ether oxygens (including phenoxy) is 1. The zero-order valence-corrected chi connectivity index (χ0v) is 17.4. The number of ketones is 2. The van der Waals surface area contributed by atoms with Crippen molar-refractivity contribution in [1.82, 2.24) is 0 Å². The van der Waals surface area contributed by atoms with Gasteiger partial charge < -0.3 is 9.84 Å². The number of fused-ring (bicyclic) bond motifs is 5. The second-order valence-corrected chi connectivity index (χ2v) is 10.5. The molecule has 1 N–H and O–H groups in total. The van der Waals surface area contributed by atoms with Crippen LogP contribution in [0.1, 0.15) is 72.1 Å². The van der Waals surface area contributed by atoms with Gasteiger partial charge in [-0.05, 0) is 73.5 Å². The summed E-state index contributed by atoms with van der Waals surface area (Å²) in [5.41, 5.74) is -0.298. The minimum Gasteiger partial charge on any atom is -0.458 e. The van der Waals surface area contributed by atoms with Gasteiger partial charge in [0.05, 0.1) is 6.10 Å². The average molecular weight is 391 g/mol. The number of aliphatic hydroxyl groups excluding tert-OH is 1. The highest BCUT2D eigenvalue weighted by Gasteiger charge is 2.64. The zero-order valence-electron chi connectivity index (χ0n) is 17.4. The number of rotatable bonds is 3. The normalized spacial score (nSPS) is 47.6. The van der Waals surface area contributed by atoms with Crippen LogP contribution in [0.25, 0.3) is 0 Å². The van der Waals surface area contributed by atoms with Crippen molar-refractivity contribution in [3.8, 4) is 0 Å². The lowest BCUT2D eigenvalue weighted by atomic mass is 9.44. The Balaban J connectivity index is 1.58. The lowest BCUT2D eigenvalue weighted by Gasteiger charge is -2.59. The highest BCUT2D eigenvalue weighted by molar-refractivity contribution is 5.89. The second-order valence-electron chi connectivity index (χ2n) is 10.5. The molecule has 4 rings (SSSR count). The van der Waals surface area contributed by atoms with Crippen molar-refractivity contribution in [2.45, 2.75) is 78.2 Å². The van der Waals surface area contributed by atoms with Crippen LogP contribution in [-0.4, -0.2) is 35.4 Å². The molecular weight excluding hydrogens is 356 g/mol. The van der Waals surface area contributed by atoms with E-state index < -0.39 is 5.97 Å². The molecule has 0 heterocycles. The Hall–Kier alpha value is -1.23. The van der Waals surface area contributed by atoms with Crippen molar-refractivity contribution >= 4 is 17.5 Å². The van der Waals surface area contributed by atoms with Gasteiger partial charge in [-0.1, -0.05) is 13.8 Å². The molecule has 0 spiro atoms. The molecule has 0 radical (unpaired) electrons. The molecule has 4 aliphatic carbocycles. The number of esters is 1. The van der Waals surface area contributed by atoms with Gasteiger partial charge in [0.1, 0.15) is 12.4 Å². The van der Waals surface area contributed by atoms with E-state index >= 15 is 0 Å². The van der Waals surface area contributed by atoms with E-state index in [-0.39, 0.29) is 41.2 Å². The first-order valence-corrected chi connectivity index (χ1v) is 11.0. The summed E-state index contributed by atoms with van der Waals surface area (Å²) >= 11 is 0. The molecule has 0 aliphatic heterocycles. The van der Waals surface area contributed by atoms with Crippen LogP contribution in [0, 0.1) is 40.4 Å². The van der Waals surface area contributed by atoms with Gasteiger partial charge in [0, 0.05) is 25.2 Å². The Morgan fingerprint density at radius 3 is 2.57 bits per heavy atom. The molecular formula is C23H34O5. The van der Waals surface area contributed by atoms with E-state index in [9.17, 15) is 19.5 Å². The molecule has 0 aromatic heterocycles. The Morgan fingerprint density at radius 2 is 1.86 bits per heavy atom. The largest absolute Gasteiger partial charge is 0.458 e. The lowest BCUT2D eigenvalue weighted by molar-refractivity contribution is -0.163. The number of hydrogen-bond acceptors (Lipinski definition) is 5. The molecule has 5 nitrogen and oxygen atoms in total. The molecule has 0 aromatic rings. The summed E-state index contributed by atoms with van der Waals surface area (Å²) in [6.45, 7) is 5.58. The molecule has 28 heavy (non-hydrogen) atoms. The topological polar surface area (TPSA) is 80.7 Å². The minimum atomic E-state index is -0.432. The number of carbonyl (C=O) groups is 3. The van der Waals surface area contributed by atoms with Gasteiger partial charge in [0.2, 0.25) is 0 Å². The van der Waals surface area contributed by atoms with E-state index in [2.05, 4.69) is 13.8 Å². The standard InChI is InChI=1S/C23H34O5/c1-13(24)28-12-20(27)18-7-6-17-16-5-4-14-10-15(25)8-9-22(14,2)21(16)19(26)11-23(17,18)3/h14-18,21,25H,4-12H2,1-3H3/t14?,15-,16?,17?,18-,21?,22+,23+/m1/s1. The van der Waals surface area contributed by atoms with Gasteiger partial charge in [-0.15, -0.1) is 0 Å². The van der Waals surface area contributed by atoms with Crippen molar-refractivity contribution < 1.29 is 24.2 Å². The van der Waals surface area contributed by atoms with E-state index in [1.54, 1.807) is 0 Å². The van der Waals surface area contributed by atoms with Crippen molar-refractivity contribution in [3.63, 3.8) is 0 Å². The van der Waals surface area contributed by atoms with E-state index in [0.29, 0.717) is 30.0 Å². The number of aliphatic hydroxyl groups is 1. The minimum absolute atomic E-state index is 0.000393. The summed E-state index contributed by atoms with van der Waals surface area (Å²) < 4.78 is 4.97. The van der Waals surface area contributed by atoms with Gasteiger partial charge in [-0.2, -0.15) is 0 Å². The number of Topliss-reactive ketones (excluding diaryl/α,β-unsaturated/α-hetero) is 2. The summed E-state index contributed by atoms with van der Waals surface area (Å²) in [5, 5.41) is 10.1. The van der Waals surface area contributed by atoms with Crippen LogP contribution in [0.2, 0.25) is 0 Å². The quantitative estimate of drug-likeness (QED) is 0.748. The first kappa shape index (κ1) is 20.1. The van der Waals surface area contributed by atoms with Crippen LogP contribution in [-0.2, 0) is 19.1 Å². The monoisotopic (exact) mass is 390 g/mol. The smallest absolute Gasteiger partial charge is 0.303 e. The molecule has 156 valence electrons. The van der Waals surface area contributed by atoms with Gasteiger partial charge in [0.15, 0.2) is 5.78 Å². The molecule has 4 saturated carbocycles. The van der Waals surface area contributed by atoms with Gasteiger partial charge >= 0.3 is 5.97 Å². The summed E-state index contributed by atoms with van der Waals surface area (Å²) in [7, 11) is 0. The van der Waals surface area contributed by atoms with E-state index in [1.165, 1.54) is 6.92 Å². The first-order chi connectivity index (χ1) is 13.2. The maximum Gasteiger partial charge on any atom is 0.303 e. The molecule has 0 aromatic carbocycles. The summed E-state index contributed by atoms with van der Waals surface area (Å²) in [5.74, 6) is 0.971. The molecule has 4 unspecified atom stereocenters. The molecule has 8 atom stereocenters. The first-order valence-electron chi connectivity index (χ1n) is 11.0. The maximum atomic E-state index is 13.5. The second kappa shape index (κ2) is 6.93. The molecule has 4 aliphatic rings. The van der Waals surface area contributed by atoms with Crippen LogP contribution >= 0.6 is 0 Å². The van der Waals surface area contributed by atoms with Crippen molar-refractivity contribution in [2.24, 2.45) is 40.4 Å². The van der Waals surface area contributed by atoms with E-state index in [1.807, 2.05) is 0 Å². The fourth-order valence-electron chi connectivity index (χ4n) is 7.85. The fraction of sp³-hybridized carbons (Fsp3) is 0.870. The third-order valence-electron chi connectivity index (χ3n) is 9.13. The summed E-state index contributed by atoms with van der Waals surface area (Å²) in [4.78, 5) is 37.4. The predicted octanol–water partition coefficient (Wildman–Crippen LogP) is 3.32. The van der Waals surface area contributed by atoms with Crippen molar-refractivity contribution in [1.29, 1.82) is 0 Å². The molecule has 0 bridgehead atoms.